The summed E-state index contributed by atoms with van der Waals surface area (Å²) in [5.74, 6) is 0.0855. The molecule has 0 N–H and O–H groups in total. The van der Waals surface area contributed by atoms with Crippen molar-refractivity contribution in [3.8, 4) is 5.69 Å². The number of aryl methyl sites for hydroxylation is 1. The maximum Gasteiger partial charge on any atom is 0.228 e. The van der Waals surface area contributed by atoms with Crippen molar-refractivity contribution in [3.05, 3.63) is 41.2 Å². The van der Waals surface area contributed by atoms with Crippen LogP contribution >= 0.6 is 0 Å². The first kappa shape index (κ1) is 14.7. The van der Waals surface area contributed by atoms with Crippen molar-refractivity contribution in [3.63, 3.8) is 0 Å². The molecule has 0 spiro atoms. The van der Waals surface area contributed by atoms with Gasteiger partial charge in [0.05, 0.1) is 36.7 Å². The molecule has 0 unspecified atom stereocenters. The van der Waals surface area contributed by atoms with E-state index < -0.39 is 0 Å². The fraction of sp³-hybridized carbons (Fsp3) is 0.438. The van der Waals surface area contributed by atoms with E-state index in [-0.39, 0.29) is 12.3 Å². The highest BCUT2D eigenvalue weighted by Crippen LogP contribution is 2.14. The molecule has 1 saturated heterocycles. The van der Waals surface area contributed by atoms with Crippen LogP contribution in [0.4, 0.5) is 0 Å². The van der Waals surface area contributed by atoms with Gasteiger partial charge in [0.25, 0.3) is 0 Å². The van der Waals surface area contributed by atoms with Gasteiger partial charge >= 0.3 is 0 Å². The maximum absolute atomic E-state index is 12.3. The lowest BCUT2D eigenvalue weighted by Crippen LogP contribution is -2.41. The van der Waals surface area contributed by atoms with Gasteiger partial charge in [-0.25, -0.2) is 4.68 Å². The summed E-state index contributed by atoms with van der Waals surface area (Å²) < 4.78 is 7.05. The van der Waals surface area contributed by atoms with Crippen LogP contribution in [0.2, 0.25) is 0 Å². The van der Waals surface area contributed by atoms with Crippen LogP contribution in [-0.2, 0) is 16.0 Å². The first-order chi connectivity index (χ1) is 10.6. The second-order valence-corrected chi connectivity index (χ2v) is 5.54. The van der Waals surface area contributed by atoms with E-state index in [0.717, 1.165) is 17.1 Å². The number of rotatable bonds is 3. The Morgan fingerprint density at radius 2 is 1.86 bits per heavy atom. The molecule has 1 aliphatic rings. The molecule has 6 nitrogen and oxygen atoms in total. The van der Waals surface area contributed by atoms with E-state index in [9.17, 15) is 4.79 Å². The second-order valence-electron chi connectivity index (χ2n) is 5.54. The number of benzene rings is 1. The number of morpholine rings is 1. The molecule has 0 saturated carbocycles. The SMILES string of the molecule is Cc1ccc(-n2nnc(CC(=O)N3CCOCC3)c2C)cc1. The lowest BCUT2D eigenvalue weighted by atomic mass is 10.2. The molecule has 116 valence electrons. The van der Waals surface area contributed by atoms with Crippen LogP contribution in [0.1, 0.15) is 17.0 Å². The van der Waals surface area contributed by atoms with Crippen LogP contribution in [0, 0.1) is 13.8 Å². The van der Waals surface area contributed by atoms with Gasteiger partial charge in [0.1, 0.15) is 0 Å². The number of carbonyl (C=O) groups excluding carboxylic acids is 1. The summed E-state index contributed by atoms with van der Waals surface area (Å²) in [5.41, 5.74) is 3.80. The van der Waals surface area contributed by atoms with Crippen molar-refractivity contribution in [2.75, 3.05) is 26.3 Å². The fourth-order valence-corrected chi connectivity index (χ4v) is 2.52. The standard InChI is InChI=1S/C16H20N4O2/c1-12-3-5-14(6-4-12)20-13(2)15(17-18-20)11-16(21)19-7-9-22-10-8-19/h3-6H,7-11H2,1-2H3. The van der Waals surface area contributed by atoms with Crippen LogP contribution in [0.3, 0.4) is 0 Å². The predicted octanol–water partition coefficient (Wildman–Crippen LogP) is 1.29. The van der Waals surface area contributed by atoms with Gasteiger partial charge in [-0.2, -0.15) is 0 Å². The number of ether oxygens (including phenoxy) is 1. The Balaban J connectivity index is 1.75. The first-order valence-electron chi connectivity index (χ1n) is 7.49. The molecule has 1 amide bonds. The summed E-state index contributed by atoms with van der Waals surface area (Å²) in [5, 5.41) is 8.37. The smallest absolute Gasteiger partial charge is 0.228 e. The summed E-state index contributed by atoms with van der Waals surface area (Å²) >= 11 is 0. The average molecular weight is 300 g/mol. The number of hydrogen-bond donors (Lipinski definition) is 0. The van der Waals surface area contributed by atoms with Gasteiger partial charge in [-0.1, -0.05) is 22.9 Å². The van der Waals surface area contributed by atoms with Crippen molar-refractivity contribution in [2.45, 2.75) is 20.3 Å². The number of nitrogens with zero attached hydrogens (tertiary/aromatic N) is 4. The number of hydrogen-bond acceptors (Lipinski definition) is 4. The zero-order chi connectivity index (χ0) is 15.5. The van der Waals surface area contributed by atoms with E-state index in [4.69, 9.17) is 4.74 Å². The molecule has 0 aliphatic carbocycles. The largest absolute Gasteiger partial charge is 0.378 e. The molecule has 1 aliphatic heterocycles. The Morgan fingerprint density at radius 1 is 1.18 bits per heavy atom. The highest BCUT2D eigenvalue weighted by Gasteiger charge is 2.20. The molecular weight excluding hydrogens is 280 g/mol. The van der Waals surface area contributed by atoms with Crippen LogP contribution in [0.5, 0.6) is 0 Å². The second kappa shape index (κ2) is 6.27. The minimum absolute atomic E-state index is 0.0855. The molecule has 2 heterocycles. The van der Waals surface area contributed by atoms with Gasteiger partial charge in [0.15, 0.2) is 0 Å². The third-order valence-electron chi connectivity index (χ3n) is 3.95. The minimum Gasteiger partial charge on any atom is -0.378 e. The van der Waals surface area contributed by atoms with E-state index in [1.54, 1.807) is 4.68 Å². The topological polar surface area (TPSA) is 60.2 Å². The average Bonchev–Trinajstić information content (AvgIpc) is 2.90. The molecule has 6 heteroatoms. The third-order valence-corrected chi connectivity index (χ3v) is 3.95. The molecule has 0 radical (unpaired) electrons. The number of amides is 1. The monoisotopic (exact) mass is 300 g/mol. The van der Waals surface area contributed by atoms with Gasteiger partial charge in [0, 0.05) is 13.1 Å². The van der Waals surface area contributed by atoms with Gasteiger partial charge < -0.3 is 9.64 Å². The molecular formula is C16H20N4O2. The summed E-state index contributed by atoms with van der Waals surface area (Å²) in [6.07, 6.45) is 0.289. The zero-order valence-corrected chi connectivity index (χ0v) is 13.0. The van der Waals surface area contributed by atoms with Crippen LogP contribution in [-0.4, -0.2) is 52.1 Å². The quantitative estimate of drug-likeness (QED) is 0.857. The van der Waals surface area contributed by atoms with Crippen LogP contribution in [0.25, 0.3) is 5.69 Å². The van der Waals surface area contributed by atoms with E-state index in [1.807, 2.05) is 43.0 Å². The van der Waals surface area contributed by atoms with E-state index in [2.05, 4.69) is 10.3 Å². The third kappa shape index (κ3) is 3.01. The highest BCUT2D eigenvalue weighted by molar-refractivity contribution is 5.78. The van der Waals surface area contributed by atoms with Crippen molar-refractivity contribution >= 4 is 5.91 Å². The van der Waals surface area contributed by atoms with Crippen LogP contribution in [0.15, 0.2) is 24.3 Å². The van der Waals surface area contributed by atoms with Crippen molar-refractivity contribution in [1.82, 2.24) is 19.9 Å². The summed E-state index contributed by atoms with van der Waals surface area (Å²) in [6, 6.07) is 8.08. The maximum atomic E-state index is 12.3. The minimum atomic E-state index is 0.0855. The predicted molar refractivity (Wildman–Crippen MR) is 81.9 cm³/mol. The first-order valence-corrected chi connectivity index (χ1v) is 7.49. The summed E-state index contributed by atoms with van der Waals surface area (Å²) in [6.45, 7) is 6.53. The Kier molecular flexibility index (Phi) is 4.20. The van der Waals surface area contributed by atoms with E-state index in [0.29, 0.717) is 26.3 Å². The zero-order valence-electron chi connectivity index (χ0n) is 13.0. The molecule has 0 bridgehead atoms. The van der Waals surface area contributed by atoms with Crippen molar-refractivity contribution in [2.24, 2.45) is 0 Å². The normalized spacial score (nSPS) is 15.1. The number of carbonyl (C=O) groups is 1. The highest BCUT2D eigenvalue weighted by atomic mass is 16.5. The van der Waals surface area contributed by atoms with E-state index in [1.165, 1.54) is 5.56 Å². The van der Waals surface area contributed by atoms with Gasteiger partial charge in [-0.15, -0.1) is 5.10 Å². The molecule has 1 fully saturated rings. The lowest BCUT2D eigenvalue weighted by Gasteiger charge is -2.26. The van der Waals surface area contributed by atoms with Gasteiger partial charge in [-0.05, 0) is 26.0 Å². The molecule has 1 aromatic carbocycles. The van der Waals surface area contributed by atoms with Crippen molar-refractivity contribution in [1.29, 1.82) is 0 Å². The van der Waals surface area contributed by atoms with Gasteiger partial charge in [-0.3, -0.25) is 4.79 Å². The Hall–Kier alpha value is -2.21. The molecule has 22 heavy (non-hydrogen) atoms. The molecule has 3 rings (SSSR count). The van der Waals surface area contributed by atoms with Crippen molar-refractivity contribution < 1.29 is 9.53 Å². The summed E-state index contributed by atoms with van der Waals surface area (Å²) in [7, 11) is 0. The Bertz CT molecular complexity index is 657. The fourth-order valence-electron chi connectivity index (χ4n) is 2.52. The lowest BCUT2D eigenvalue weighted by molar-refractivity contribution is -0.134. The number of aromatic nitrogens is 3. The molecule has 2 aromatic rings. The van der Waals surface area contributed by atoms with Gasteiger partial charge in [0.2, 0.25) is 5.91 Å². The Morgan fingerprint density at radius 3 is 2.55 bits per heavy atom. The molecule has 1 aromatic heterocycles. The van der Waals surface area contributed by atoms with E-state index >= 15 is 0 Å². The van der Waals surface area contributed by atoms with Crippen LogP contribution < -0.4 is 0 Å². The Labute approximate surface area is 129 Å². The summed E-state index contributed by atoms with van der Waals surface area (Å²) in [4.78, 5) is 14.1. The molecule has 0 atom stereocenters.